The molecule has 1 amide bonds. The summed E-state index contributed by atoms with van der Waals surface area (Å²) in [5.74, 6) is 1.43. The fourth-order valence-electron chi connectivity index (χ4n) is 5.92. The second-order valence-corrected chi connectivity index (χ2v) is 12.0. The van der Waals surface area contributed by atoms with Crippen molar-refractivity contribution >= 4 is 23.5 Å². The van der Waals surface area contributed by atoms with E-state index < -0.39 is 24.1 Å². The number of aromatic nitrogens is 2. The first kappa shape index (κ1) is 29.9. The van der Waals surface area contributed by atoms with Crippen LogP contribution in [0.25, 0.3) is 0 Å². The molecule has 0 spiro atoms. The number of rotatable bonds is 11. The van der Waals surface area contributed by atoms with Gasteiger partial charge in [0, 0.05) is 50.7 Å². The quantitative estimate of drug-likeness (QED) is 0.289. The molecule has 2 saturated heterocycles. The Hall–Kier alpha value is -2.57. The molecule has 0 radical (unpaired) electrons. The van der Waals surface area contributed by atoms with Crippen molar-refractivity contribution in [1.29, 1.82) is 0 Å². The van der Waals surface area contributed by atoms with E-state index in [2.05, 4.69) is 20.2 Å². The third-order valence-electron chi connectivity index (χ3n) is 8.53. The SMILES string of the molecule is O=C(Cc1ccc(OCCCC2CCN(c3ncc(Cl)cn3)CC2)cc1F)N1CC(CNC2CC(O)C(O)C2O)C1. The average Bonchev–Trinajstić information content (AvgIpc) is 3.19. The van der Waals surface area contributed by atoms with Gasteiger partial charge in [-0.2, -0.15) is 0 Å². The fourth-order valence-corrected chi connectivity index (χ4v) is 6.02. The number of hydrogen-bond donors (Lipinski definition) is 4. The van der Waals surface area contributed by atoms with Crippen LogP contribution in [0.3, 0.4) is 0 Å². The van der Waals surface area contributed by atoms with Gasteiger partial charge in [-0.05, 0) is 49.7 Å². The molecule has 41 heavy (non-hydrogen) atoms. The molecule has 4 unspecified atom stereocenters. The predicted octanol–water partition coefficient (Wildman–Crippen LogP) is 1.79. The summed E-state index contributed by atoms with van der Waals surface area (Å²) in [6, 6.07) is 4.32. The number of carbonyl (C=O) groups excluding carboxylic acids is 1. The number of halogens is 2. The average molecular weight is 592 g/mol. The Kier molecular flexibility index (Phi) is 9.92. The van der Waals surface area contributed by atoms with Gasteiger partial charge in [0.2, 0.25) is 11.9 Å². The lowest BCUT2D eigenvalue weighted by atomic mass is 9.92. The van der Waals surface area contributed by atoms with E-state index >= 15 is 0 Å². The molecule has 5 rings (SSSR count). The molecule has 224 valence electrons. The van der Waals surface area contributed by atoms with E-state index in [1.54, 1.807) is 29.4 Å². The Morgan fingerprint density at radius 1 is 1.10 bits per heavy atom. The number of nitrogens with one attached hydrogen (secondary N) is 1. The Morgan fingerprint density at radius 2 is 1.83 bits per heavy atom. The number of benzene rings is 1. The smallest absolute Gasteiger partial charge is 0.227 e. The highest BCUT2D eigenvalue weighted by Crippen LogP contribution is 2.26. The topological polar surface area (TPSA) is 131 Å². The molecular weight excluding hydrogens is 553 g/mol. The van der Waals surface area contributed by atoms with Crippen LogP contribution in [-0.2, 0) is 11.2 Å². The van der Waals surface area contributed by atoms with Gasteiger partial charge in [0.15, 0.2) is 0 Å². The van der Waals surface area contributed by atoms with Gasteiger partial charge in [-0.25, -0.2) is 14.4 Å². The summed E-state index contributed by atoms with van der Waals surface area (Å²) in [5, 5.41) is 33.0. The lowest BCUT2D eigenvalue weighted by Gasteiger charge is -2.40. The third kappa shape index (κ3) is 7.64. The van der Waals surface area contributed by atoms with Gasteiger partial charge in [-0.1, -0.05) is 17.7 Å². The molecule has 3 aliphatic rings. The summed E-state index contributed by atoms with van der Waals surface area (Å²) in [6.07, 6.45) is 4.51. The minimum atomic E-state index is -1.13. The summed E-state index contributed by atoms with van der Waals surface area (Å²) in [6.45, 7) is 4.01. The Morgan fingerprint density at radius 3 is 2.49 bits per heavy atom. The van der Waals surface area contributed by atoms with Crippen molar-refractivity contribution in [3.8, 4) is 5.75 Å². The molecule has 3 fully saturated rings. The predicted molar refractivity (Wildman–Crippen MR) is 151 cm³/mol. The van der Waals surface area contributed by atoms with E-state index in [0.717, 1.165) is 44.7 Å². The summed E-state index contributed by atoms with van der Waals surface area (Å²) < 4.78 is 20.5. The molecule has 2 aromatic rings. The molecule has 10 nitrogen and oxygen atoms in total. The fraction of sp³-hybridized carbons (Fsp3) is 0.621. The normalized spacial score (nSPS) is 25.4. The van der Waals surface area contributed by atoms with Gasteiger partial charge in [0.1, 0.15) is 17.7 Å². The number of hydrogen-bond acceptors (Lipinski definition) is 9. The van der Waals surface area contributed by atoms with Crippen LogP contribution in [-0.4, -0.2) is 99.8 Å². The van der Waals surface area contributed by atoms with Crippen LogP contribution >= 0.6 is 11.6 Å². The minimum Gasteiger partial charge on any atom is -0.493 e. The maximum absolute atomic E-state index is 14.7. The van der Waals surface area contributed by atoms with Crippen LogP contribution in [0.2, 0.25) is 5.02 Å². The molecule has 2 aliphatic heterocycles. The summed E-state index contributed by atoms with van der Waals surface area (Å²) in [5.41, 5.74) is 0.345. The monoisotopic (exact) mass is 591 g/mol. The number of carbonyl (C=O) groups is 1. The standard InChI is InChI=1S/C29H39ClFN5O5/c30-21-14-33-29(34-15-21)35-7-5-18(6-8-35)2-1-9-41-22-4-3-20(23(31)11-22)10-26(38)36-16-19(17-36)13-32-24-12-25(37)28(40)27(24)39/h3-4,11,14-15,18-19,24-25,27-28,32,37,39-40H,1-2,5-10,12-13,16-17H2. The van der Waals surface area contributed by atoms with Gasteiger partial charge >= 0.3 is 0 Å². The van der Waals surface area contributed by atoms with Gasteiger partial charge < -0.3 is 35.2 Å². The van der Waals surface area contributed by atoms with Crippen LogP contribution in [0.1, 0.15) is 37.7 Å². The van der Waals surface area contributed by atoms with E-state index in [9.17, 15) is 24.5 Å². The summed E-state index contributed by atoms with van der Waals surface area (Å²) in [4.78, 5) is 25.1. The maximum Gasteiger partial charge on any atom is 0.227 e. The van der Waals surface area contributed by atoms with Crippen LogP contribution < -0.4 is 15.0 Å². The lowest BCUT2D eigenvalue weighted by molar-refractivity contribution is -0.136. The van der Waals surface area contributed by atoms with Crippen molar-refractivity contribution in [3.05, 3.63) is 47.0 Å². The zero-order valence-electron chi connectivity index (χ0n) is 23.0. The Bertz CT molecular complexity index is 1160. The van der Waals surface area contributed by atoms with Crippen LogP contribution in [0, 0.1) is 17.7 Å². The van der Waals surface area contributed by atoms with E-state index in [0.29, 0.717) is 48.5 Å². The highest BCUT2D eigenvalue weighted by atomic mass is 35.5. The van der Waals surface area contributed by atoms with Crippen molar-refractivity contribution in [2.24, 2.45) is 11.8 Å². The first-order valence-electron chi connectivity index (χ1n) is 14.5. The van der Waals surface area contributed by atoms with Crippen LogP contribution in [0.5, 0.6) is 5.75 Å². The second kappa shape index (κ2) is 13.6. The molecule has 3 heterocycles. The number of aliphatic hydroxyl groups excluding tert-OH is 3. The Balaban J connectivity index is 0.961. The number of anilines is 1. The second-order valence-electron chi connectivity index (χ2n) is 11.5. The van der Waals surface area contributed by atoms with Crippen molar-refractivity contribution in [3.63, 3.8) is 0 Å². The number of aliphatic hydroxyl groups is 3. The maximum atomic E-state index is 14.7. The molecule has 1 aromatic heterocycles. The largest absolute Gasteiger partial charge is 0.493 e. The number of piperidine rings is 1. The minimum absolute atomic E-state index is 0.00819. The molecule has 1 saturated carbocycles. The lowest BCUT2D eigenvalue weighted by Crippen LogP contribution is -2.55. The highest BCUT2D eigenvalue weighted by Gasteiger charge is 2.41. The first-order valence-corrected chi connectivity index (χ1v) is 14.8. The summed E-state index contributed by atoms with van der Waals surface area (Å²) >= 11 is 5.87. The molecule has 12 heteroatoms. The molecule has 1 aromatic carbocycles. The van der Waals surface area contributed by atoms with E-state index in [4.69, 9.17) is 16.3 Å². The van der Waals surface area contributed by atoms with E-state index in [1.807, 2.05) is 0 Å². The zero-order chi connectivity index (χ0) is 28.9. The molecule has 1 aliphatic carbocycles. The molecule has 0 bridgehead atoms. The van der Waals surface area contributed by atoms with Crippen LogP contribution in [0.4, 0.5) is 10.3 Å². The summed E-state index contributed by atoms with van der Waals surface area (Å²) in [7, 11) is 0. The van der Waals surface area contributed by atoms with E-state index in [1.165, 1.54) is 6.07 Å². The van der Waals surface area contributed by atoms with Crippen LogP contribution in [0.15, 0.2) is 30.6 Å². The van der Waals surface area contributed by atoms with Gasteiger partial charge in [-0.3, -0.25) is 4.79 Å². The van der Waals surface area contributed by atoms with Crippen molar-refractivity contribution in [1.82, 2.24) is 20.2 Å². The van der Waals surface area contributed by atoms with Crippen molar-refractivity contribution in [2.75, 3.05) is 44.2 Å². The van der Waals surface area contributed by atoms with Gasteiger partial charge in [0.25, 0.3) is 0 Å². The highest BCUT2D eigenvalue weighted by molar-refractivity contribution is 6.30. The number of nitrogens with zero attached hydrogens (tertiary/aromatic N) is 4. The van der Waals surface area contributed by atoms with Gasteiger partial charge in [0.05, 0.1) is 42.7 Å². The molecule has 4 N–H and O–H groups in total. The van der Waals surface area contributed by atoms with Gasteiger partial charge in [-0.15, -0.1) is 0 Å². The van der Waals surface area contributed by atoms with E-state index in [-0.39, 0.29) is 30.7 Å². The molecular formula is C29H39ClFN5O5. The van der Waals surface area contributed by atoms with Crippen molar-refractivity contribution < 1.29 is 29.2 Å². The third-order valence-corrected chi connectivity index (χ3v) is 8.72. The first-order chi connectivity index (χ1) is 19.8. The Labute approximate surface area is 244 Å². The number of likely N-dealkylation sites (tertiary alicyclic amines) is 1. The number of ether oxygens (including phenoxy) is 1. The molecule has 4 atom stereocenters. The zero-order valence-corrected chi connectivity index (χ0v) is 23.8. The van der Waals surface area contributed by atoms with Crippen molar-refractivity contribution in [2.45, 2.75) is 62.9 Å². The number of amides is 1.